The first-order valence-corrected chi connectivity index (χ1v) is 10.8. The van der Waals surface area contributed by atoms with Crippen molar-refractivity contribution in [3.8, 4) is 6.07 Å². The van der Waals surface area contributed by atoms with Gasteiger partial charge in [-0.2, -0.15) is 10.2 Å². The Hall–Kier alpha value is -2.77. The summed E-state index contributed by atoms with van der Waals surface area (Å²) in [6, 6.07) is 9.13. The van der Waals surface area contributed by atoms with Gasteiger partial charge in [-0.3, -0.25) is 20.1 Å². The number of likely N-dealkylation sites (tertiary alicyclic amines) is 1. The fourth-order valence-electron chi connectivity index (χ4n) is 3.43. The van der Waals surface area contributed by atoms with Crippen LogP contribution in [0.5, 0.6) is 0 Å². The summed E-state index contributed by atoms with van der Waals surface area (Å²) in [6.45, 7) is 6.30. The van der Waals surface area contributed by atoms with Crippen LogP contribution in [-0.2, 0) is 6.54 Å². The number of carbonyl (C=O) groups excluding carboxylic acids is 1. The molecule has 3 N–H and O–H groups in total. The van der Waals surface area contributed by atoms with Crippen LogP contribution in [0.1, 0.15) is 48.4 Å². The van der Waals surface area contributed by atoms with E-state index in [9.17, 15) is 15.0 Å². The van der Waals surface area contributed by atoms with Crippen molar-refractivity contribution >= 4 is 23.3 Å². The van der Waals surface area contributed by atoms with E-state index in [1.807, 2.05) is 32.0 Å². The SMILES string of the molecule is CC(C)CN(NC(=O)c1ccc(CN2CCC(O)(O)CC2)cc1)c1nc(C#N)ncc1Cl. The Kier molecular flexibility index (Phi) is 7.64. The third kappa shape index (κ3) is 6.37. The average Bonchev–Trinajstić information content (AvgIpc) is 2.75. The minimum absolute atomic E-state index is 0.0332. The number of hydrazine groups is 1. The van der Waals surface area contributed by atoms with Crippen LogP contribution >= 0.6 is 11.6 Å². The molecule has 2 heterocycles. The number of anilines is 1. The van der Waals surface area contributed by atoms with Crippen molar-refractivity contribution in [2.45, 2.75) is 39.0 Å². The topological polar surface area (TPSA) is 126 Å². The highest BCUT2D eigenvalue weighted by Crippen LogP contribution is 2.23. The van der Waals surface area contributed by atoms with E-state index in [0.717, 1.165) is 5.56 Å². The number of piperidine rings is 1. The van der Waals surface area contributed by atoms with E-state index < -0.39 is 5.79 Å². The second-order valence-electron chi connectivity index (χ2n) is 8.38. The number of aliphatic hydroxyl groups is 2. The monoisotopic (exact) mass is 458 g/mol. The summed E-state index contributed by atoms with van der Waals surface area (Å²) in [4.78, 5) is 23.0. The maximum Gasteiger partial charge on any atom is 0.269 e. The molecule has 32 heavy (non-hydrogen) atoms. The van der Waals surface area contributed by atoms with E-state index in [-0.39, 0.29) is 28.5 Å². The van der Waals surface area contributed by atoms with Crippen molar-refractivity contribution in [3.63, 3.8) is 0 Å². The van der Waals surface area contributed by atoms with E-state index in [1.54, 1.807) is 12.1 Å². The van der Waals surface area contributed by atoms with Gasteiger partial charge < -0.3 is 10.2 Å². The number of nitrogens with one attached hydrogen (secondary N) is 1. The molecule has 1 aromatic heterocycles. The lowest BCUT2D eigenvalue weighted by Gasteiger charge is -2.34. The van der Waals surface area contributed by atoms with Crippen molar-refractivity contribution in [1.29, 1.82) is 5.26 Å². The van der Waals surface area contributed by atoms with Crippen LogP contribution in [0.25, 0.3) is 0 Å². The fourth-order valence-corrected chi connectivity index (χ4v) is 3.62. The lowest BCUT2D eigenvalue weighted by atomic mass is 10.0. The Balaban J connectivity index is 1.68. The van der Waals surface area contributed by atoms with Crippen molar-refractivity contribution < 1.29 is 15.0 Å². The van der Waals surface area contributed by atoms with Gasteiger partial charge in [0.1, 0.15) is 11.1 Å². The molecule has 170 valence electrons. The number of halogens is 1. The number of amides is 1. The number of benzene rings is 1. The van der Waals surface area contributed by atoms with Gasteiger partial charge in [0.25, 0.3) is 5.91 Å². The third-order valence-corrected chi connectivity index (χ3v) is 5.41. The molecule has 0 saturated carbocycles. The van der Waals surface area contributed by atoms with Crippen LogP contribution in [0.3, 0.4) is 0 Å². The lowest BCUT2D eigenvalue weighted by molar-refractivity contribution is -0.189. The first-order chi connectivity index (χ1) is 15.2. The Bertz CT molecular complexity index is 980. The highest BCUT2D eigenvalue weighted by Gasteiger charge is 2.29. The molecule has 1 aromatic carbocycles. The van der Waals surface area contributed by atoms with Gasteiger partial charge in [-0.05, 0) is 23.6 Å². The van der Waals surface area contributed by atoms with Crippen molar-refractivity contribution in [2.75, 3.05) is 24.6 Å². The van der Waals surface area contributed by atoms with Crippen molar-refractivity contribution in [2.24, 2.45) is 5.92 Å². The highest BCUT2D eigenvalue weighted by molar-refractivity contribution is 6.32. The van der Waals surface area contributed by atoms with E-state index in [4.69, 9.17) is 16.9 Å². The molecule has 0 unspecified atom stereocenters. The molecule has 1 saturated heterocycles. The standard InChI is InChI=1S/C22H27ClN6O3/c1-15(2)13-29(20-18(23)12-25-19(11-24)26-20)27-21(30)17-5-3-16(4-6-17)14-28-9-7-22(31,32)8-10-28/h3-6,12,15,31-32H,7-10,13-14H2,1-2H3,(H,27,30). The minimum atomic E-state index is -1.57. The number of nitrogens with zero attached hydrogens (tertiary/aromatic N) is 5. The maximum absolute atomic E-state index is 12.9. The number of aromatic nitrogens is 2. The molecule has 10 heteroatoms. The zero-order chi connectivity index (χ0) is 23.3. The van der Waals surface area contributed by atoms with Crippen molar-refractivity contribution in [1.82, 2.24) is 20.3 Å². The second-order valence-corrected chi connectivity index (χ2v) is 8.79. The molecule has 1 fully saturated rings. The largest absolute Gasteiger partial charge is 0.366 e. The molecule has 0 bridgehead atoms. The molecule has 1 aliphatic heterocycles. The summed E-state index contributed by atoms with van der Waals surface area (Å²) in [5.41, 5.74) is 4.33. The zero-order valence-electron chi connectivity index (χ0n) is 18.1. The molecule has 0 radical (unpaired) electrons. The summed E-state index contributed by atoms with van der Waals surface area (Å²) in [7, 11) is 0. The molecular formula is C22H27ClN6O3. The van der Waals surface area contributed by atoms with Gasteiger partial charge in [0.05, 0.1) is 6.20 Å². The van der Waals surface area contributed by atoms with Crippen LogP contribution in [0, 0.1) is 17.2 Å². The molecule has 0 spiro atoms. The number of rotatable bonds is 7. The predicted octanol–water partition coefficient (Wildman–Crippen LogP) is 2.09. The number of carbonyl (C=O) groups is 1. The van der Waals surface area contributed by atoms with Crippen LogP contribution in [0.2, 0.25) is 5.02 Å². The van der Waals surface area contributed by atoms with Gasteiger partial charge in [0.2, 0.25) is 5.82 Å². The van der Waals surface area contributed by atoms with Gasteiger partial charge in [-0.25, -0.2) is 4.98 Å². The summed E-state index contributed by atoms with van der Waals surface area (Å²) in [5.74, 6) is -1.47. The first kappa shape index (κ1) is 23.9. The van der Waals surface area contributed by atoms with Gasteiger partial charge in [0.15, 0.2) is 11.6 Å². The summed E-state index contributed by atoms with van der Waals surface area (Å²) in [6.07, 6.45) is 1.98. The Morgan fingerprint density at radius 2 is 1.97 bits per heavy atom. The maximum atomic E-state index is 12.9. The van der Waals surface area contributed by atoms with Crippen molar-refractivity contribution in [3.05, 3.63) is 52.4 Å². The summed E-state index contributed by atoms with van der Waals surface area (Å²) < 4.78 is 0. The van der Waals surface area contributed by atoms with E-state index in [2.05, 4.69) is 20.3 Å². The van der Waals surface area contributed by atoms with Gasteiger partial charge in [0, 0.05) is 44.6 Å². The van der Waals surface area contributed by atoms with Crippen LogP contribution < -0.4 is 10.4 Å². The fraction of sp³-hybridized carbons (Fsp3) is 0.455. The quantitative estimate of drug-likeness (QED) is 0.425. The molecule has 1 amide bonds. The molecule has 0 atom stereocenters. The second kappa shape index (κ2) is 10.2. The number of hydrogen-bond donors (Lipinski definition) is 3. The Morgan fingerprint density at radius 3 is 2.56 bits per heavy atom. The average molecular weight is 459 g/mol. The Morgan fingerprint density at radius 1 is 1.31 bits per heavy atom. The van der Waals surface area contributed by atoms with Crippen LogP contribution in [-0.4, -0.2) is 56.4 Å². The molecule has 1 aliphatic rings. The summed E-state index contributed by atoms with van der Waals surface area (Å²) >= 11 is 6.23. The van der Waals surface area contributed by atoms with E-state index >= 15 is 0 Å². The number of hydrogen-bond acceptors (Lipinski definition) is 8. The number of nitriles is 1. The molecule has 9 nitrogen and oxygen atoms in total. The summed E-state index contributed by atoms with van der Waals surface area (Å²) in [5, 5.41) is 30.2. The van der Waals surface area contributed by atoms with E-state index in [0.29, 0.717) is 44.6 Å². The predicted molar refractivity (Wildman–Crippen MR) is 120 cm³/mol. The zero-order valence-corrected chi connectivity index (χ0v) is 18.9. The molecule has 3 rings (SSSR count). The highest BCUT2D eigenvalue weighted by atomic mass is 35.5. The molecular weight excluding hydrogens is 432 g/mol. The van der Waals surface area contributed by atoms with E-state index in [1.165, 1.54) is 11.2 Å². The lowest BCUT2D eigenvalue weighted by Crippen LogP contribution is -2.45. The first-order valence-electron chi connectivity index (χ1n) is 10.4. The normalized spacial score (nSPS) is 15.9. The smallest absolute Gasteiger partial charge is 0.269 e. The molecule has 2 aromatic rings. The van der Waals surface area contributed by atoms with Crippen LogP contribution in [0.4, 0.5) is 5.82 Å². The van der Waals surface area contributed by atoms with Gasteiger partial charge in [-0.1, -0.05) is 37.6 Å². The minimum Gasteiger partial charge on any atom is -0.366 e. The van der Waals surface area contributed by atoms with Gasteiger partial charge in [-0.15, -0.1) is 0 Å². The Labute approximate surface area is 192 Å². The third-order valence-electron chi connectivity index (χ3n) is 5.14. The van der Waals surface area contributed by atoms with Crippen LogP contribution in [0.15, 0.2) is 30.5 Å². The molecule has 0 aliphatic carbocycles. The van der Waals surface area contributed by atoms with Gasteiger partial charge >= 0.3 is 0 Å².